The van der Waals surface area contributed by atoms with Gasteiger partial charge in [0.1, 0.15) is 0 Å². The molecular formula is C20H40N2O. The van der Waals surface area contributed by atoms with Crippen LogP contribution in [0.1, 0.15) is 72.6 Å². The van der Waals surface area contributed by atoms with Gasteiger partial charge in [-0.3, -0.25) is 4.90 Å². The highest BCUT2D eigenvalue weighted by molar-refractivity contribution is 4.87. The molecule has 0 spiro atoms. The molecule has 3 nitrogen and oxygen atoms in total. The molecule has 3 heteroatoms. The molecule has 2 aliphatic rings. The van der Waals surface area contributed by atoms with Crippen LogP contribution in [-0.4, -0.2) is 47.8 Å². The molecule has 23 heavy (non-hydrogen) atoms. The van der Waals surface area contributed by atoms with Crippen molar-refractivity contribution in [3.05, 3.63) is 0 Å². The van der Waals surface area contributed by atoms with E-state index in [4.69, 9.17) is 0 Å². The molecule has 2 N–H and O–H groups in total. The van der Waals surface area contributed by atoms with E-state index in [1.54, 1.807) is 0 Å². The van der Waals surface area contributed by atoms with Crippen LogP contribution in [0.5, 0.6) is 0 Å². The maximum absolute atomic E-state index is 10.3. The van der Waals surface area contributed by atoms with Gasteiger partial charge < -0.3 is 10.4 Å². The van der Waals surface area contributed by atoms with Gasteiger partial charge in [0.05, 0.1) is 6.10 Å². The van der Waals surface area contributed by atoms with Gasteiger partial charge in [-0.25, -0.2) is 0 Å². The highest BCUT2D eigenvalue weighted by atomic mass is 16.3. The maximum Gasteiger partial charge on any atom is 0.0566 e. The fraction of sp³-hybridized carbons (Fsp3) is 1.00. The summed E-state index contributed by atoms with van der Waals surface area (Å²) in [5.41, 5.74) is 0. The normalized spacial score (nSPS) is 29.3. The molecule has 3 atom stereocenters. The first kappa shape index (κ1) is 19.2. The fourth-order valence-corrected chi connectivity index (χ4v) is 4.32. The van der Waals surface area contributed by atoms with Gasteiger partial charge in [0.15, 0.2) is 0 Å². The van der Waals surface area contributed by atoms with Gasteiger partial charge in [0.2, 0.25) is 0 Å². The summed E-state index contributed by atoms with van der Waals surface area (Å²) in [4.78, 5) is 2.61. The summed E-state index contributed by atoms with van der Waals surface area (Å²) >= 11 is 0. The van der Waals surface area contributed by atoms with Crippen molar-refractivity contribution < 1.29 is 5.11 Å². The summed E-state index contributed by atoms with van der Waals surface area (Å²) in [6.45, 7) is 12.4. The van der Waals surface area contributed by atoms with E-state index in [0.717, 1.165) is 18.9 Å². The molecule has 0 aromatic rings. The van der Waals surface area contributed by atoms with E-state index >= 15 is 0 Å². The summed E-state index contributed by atoms with van der Waals surface area (Å²) < 4.78 is 0. The predicted molar refractivity (Wildman–Crippen MR) is 98.6 cm³/mol. The first-order valence-electron chi connectivity index (χ1n) is 10.1. The SMILES string of the molecule is CC(C)C(O)CC1CC(NCC2CCCCC2)CN(C(C)C)C1. The molecule has 0 amide bonds. The molecule has 1 aliphatic carbocycles. The minimum Gasteiger partial charge on any atom is -0.393 e. The molecule has 136 valence electrons. The Morgan fingerprint density at radius 1 is 1.00 bits per heavy atom. The maximum atomic E-state index is 10.3. The lowest BCUT2D eigenvalue weighted by atomic mass is 9.85. The average molecular weight is 325 g/mol. The van der Waals surface area contributed by atoms with Gasteiger partial charge in [-0.1, -0.05) is 33.1 Å². The topological polar surface area (TPSA) is 35.5 Å². The molecule has 1 saturated heterocycles. The third kappa shape index (κ3) is 6.36. The third-order valence-electron chi connectivity index (χ3n) is 6.06. The zero-order chi connectivity index (χ0) is 16.8. The first-order valence-corrected chi connectivity index (χ1v) is 10.1. The number of nitrogens with one attached hydrogen (secondary N) is 1. The van der Waals surface area contributed by atoms with Gasteiger partial charge in [-0.15, -0.1) is 0 Å². The first-order chi connectivity index (χ1) is 11.0. The van der Waals surface area contributed by atoms with Crippen molar-refractivity contribution in [3.63, 3.8) is 0 Å². The van der Waals surface area contributed by atoms with E-state index in [-0.39, 0.29) is 6.10 Å². The molecule has 2 fully saturated rings. The van der Waals surface area contributed by atoms with Gasteiger partial charge in [-0.05, 0) is 63.8 Å². The van der Waals surface area contributed by atoms with Gasteiger partial charge in [-0.2, -0.15) is 0 Å². The summed E-state index contributed by atoms with van der Waals surface area (Å²) in [6, 6.07) is 1.21. The molecule has 3 unspecified atom stereocenters. The minimum atomic E-state index is -0.147. The number of nitrogens with zero attached hydrogens (tertiary/aromatic N) is 1. The van der Waals surface area contributed by atoms with Gasteiger partial charge >= 0.3 is 0 Å². The average Bonchev–Trinajstić information content (AvgIpc) is 2.53. The Hall–Kier alpha value is -0.120. The van der Waals surface area contributed by atoms with E-state index in [0.29, 0.717) is 23.9 Å². The van der Waals surface area contributed by atoms with E-state index < -0.39 is 0 Å². The van der Waals surface area contributed by atoms with Crippen LogP contribution in [0.4, 0.5) is 0 Å². The van der Waals surface area contributed by atoms with Crippen LogP contribution in [0.25, 0.3) is 0 Å². The third-order valence-corrected chi connectivity index (χ3v) is 6.06. The second-order valence-electron chi connectivity index (χ2n) is 8.81. The van der Waals surface area contributed by atoms with Crippen LogP contribution >= 0.6 is 0 Å². The van der Waals surface area contributed by atoms with E-state index in [2.05, 4.69) is 37.9 Å². The van der Waals surface area contributed by atoms with Crippen molar-refractivity contribution in [2.45, 2.75) is 90.8 Å². The Balaban J connectivity index is 1.84. The molecule has 0 radical (unpaired) electrons. The van der Waals surface area contributed by atoms with Crippen molar-refractivity contribution in [1.29, 1.82) is 0 Å². The Morgan fingerprint density at radius 3 is 2.30 bits per heavy atom. The number of rotatable bonds is 7. The van der Waals surface area contributed by atoms with E-state index in [9.17, 15) is 5.11 Å². The minimum absolute atomic E-state index is 0.147. The zero-order valence-corrected chi connectivity index (χ0v) is 15.9. The summed E-state index contributed by atoms with van der Waals surface area (Å²) in [7, 11) is 0. The quantitative estimate of drug-likeness (QED) is 0.750. The second-order valence-corrected chi connectivity index (χ2v) is 8.81. The van der Waals surface area contributed by atoms with Crippen LogP contribution in [0, 0.1) is 17.8 Å². The summed E-state index contributed by atoms with van der Waals surface area (Å²) in [6.07, 6.45) is 9.19. The largest absolute Gasteiger partial charge is 0.393 e. The number of aliphatic hydroxyl groups is 1. The van der Waals surface area contributed by atoms with Crippen molar-refractivity contribution in [1.82, 2.24) is 10.2 Å². The monoisotopic (exact) mass is 324 g/mol. The predicted octanol–water partition coefficient (Wildman–Crippen LogP) is 3.66. The lowest BCUT2D eigenvalue weighted by Gasteiger charge is -2.41. The molecule has 0 aromatic heterocycles. The van der Waals surface area contributed by atoms with Crippen LogP contribution in [0.3, 0.4) is 0 Å². The molecule has 1 heterocycles. The molecule has 2 rings (SSSR count). The lowest BCUT2D eigenvalue weighted by Crippen LogP contribution is -2.52. The van der Waals surface area contributed by atoms with E-state index in [1.807, 2.05) is 0 Å². The number of aliphatic hydroxyl groups excluding tert-OH is 1. The molecule has 0 aromatic carbocycles. The smallest absolute Gasteiger partial charge is 0.0566 e. The Kier molecular flexibility index (Phi) is 7.84. The standard InChI is InChI=1S/C20H40N2O/c1-15(2)20(23)11-18-10-19(14-22(13-18)16(3)4)21-12-17-8-6-5-7-9-17/h15-21,23H,5-14H2,1-4H3. The second kappa shape index (κ2) is 9.39. The molecule has 1 aliphatic heterocycles. The fourth-order valence-electron chi connectivity index (χ4n) is 4.32. The zero-order valence-electron chi connectivity index (χ0n) is 15.9. The van der Waals surface area contributed by atoms with Crippen LogP contribution in [0.2, 0.25) is 0 Å². The number of piperidine rings is 1. The molecule has 0 bridgehead atoms. The van der Waals surface area contributed by atoms with E-state index in [1.165, 1.54) is 51.6 Å². The summed E-state index contributed by atoms with van der Waals surface area (Å²) in [5, 5.41) is 14.2. The Labute approximate surface area is 144 Å². The number of hydrogen-bond donors (Lipinski definition) is 2. The highest BCUT2D eigenvalue weighted by Gasteiger charge is 2.30. The lowest BCUT2D eigenvalue weighted by molar-refractivity contribution is 0.0510. The van der Waals surface area contributed by atoms with Crippen molar-refractivity contribution >= 4 is 0 Å². The van der Waals surface area contributed by atoms with Gasteiger partial charge in [0.25, 0.3) is 0 Å². The highest BCUT2D eigenvalue weighted by Crippen LogP contribution is 2.26. The van der Waals surface area contributed by atoms with Crippen molar-refractivity contribution in [3.8, 4) is 0 Å². The van der Waals surface area contributed by atoms with Crippen LogP contribution < -0.4 is 5.32 Å². The summed E-state index contributed by atoms with van der Waals surface area (Å²) in [5.74, 6) is 1.91. The number of hydrogen-bond acceptors (Lipinski definition) is 3. The van der Waals surface area contributed by atoms with Crippen molar-refractivity contribution in [2.24, 2.45) is 17.8 Å². The molecule has 1 saturated carbocycles. The number of likely N-dealkylation sites (tertiary alicyclic amines) is 1. The Bertz CT molecular complexity index is 324. The van der Waals surface area contributed by atoms with Gasteiger partial charge in [0, 0.05) is 25.2 Å². The van der Waals surface area contributed by atoms with Crippen LogP contribution in [0.15, 0.2) is 0 Å². The van der Waals surface area contributed by atoms with Crippen LogP contribution in [-0.2, 0) is 0 Å². The van der Waals surface area contributed by atoms with Crippen molar-refractivity contribution in [2.75, 3.05) is 19.6 Å². The Morgan fingerprint density at radius 2 is 1.70 bits per heavy atom. The molecular weight excluding hydrogens is 284 g/mol.